The molecule has 0 aliphatic heterocycles. The standard InChI is InChI=1S/C15H28N4S/c1-6-13-17-14(16-7-2)12(5)15(18-13)20-11-10-19(8-3)9-4/h6-11H2,1-5H3,(H,16,17,18). The summed E-state index contributed by atoms with van der Waals surface area (Å²) < 4.78 is 0. The lowest BCUT2D eigenvalue weighted by Gasteiger charge is -2.18. The van der Waals surface area contributed by atoms with Crippen molar-refractivity contribution in [2.75, 3.05) is 37.2 Å². The monoisotopic (exact) mass is 296 g/mol. The summed E-state index contributed by atoms with van der Waals surface area (Å²) in [5, 5.41) is 4.46. The van der Waals surface area contributed by atoms with Crippen molar-refractivity contribution in [1.82, 2.24) is 14.9 Å². The number of hydrogen-bond acceptors (Lipinski definition) is 5. The van der Waals surface area contributed by atoms with E-state index in [0.29, 0.717) is 0 Å². The molecule has 4 nitrogen and oxygen atoms in total. The van der Waals surface area contributed by atoms with E-state index in [0.717, 1.165) is 55.0 Å². The Morgan fingerprint density at radius 1 is 1.10 bits per heavy atom. The molecule has 0 bridgehead atoms. The molecule has 0 aliphatic carbocycles. The average molecular weight is 296 g/mol. The quantitative estimate of drug-likeness (QED) is 0.560. The highest BCUT2D eigenvalue weighted by Gasteiger charge is 2.10. The van der Waals surface area contributed by atoms with Gasteiger partial charge in [0.1, 0.15) is 16.7 Å². The molecule has 0 radical (unpaired) electrons. The van der Waals surface area contributed by atoms with Crippen molar-refractivity contribution in [2.24, 2.45) is 0 Å². The van der Waals surface area contributed by atoms with Gasteiger partial charge in [0.05, 0.1) is 0 Å². The number of aromatic nitrogens is 2. The summed E-state index contributed by atoms with van der Waals surface area (Å²) in [7, 11) is 0. The molecular formula is C15H28N4S. The molecule has 1 aromatic heterocycles. The van der Waals surface area contributed by atoms with E-state index in [-0.39, 0.29) is 0 Å². The van der Waals surface area contributed by atoms with E-state index < -0.39 is 0 Å². The normalized spacial score (nSPS) is 11.1. The van der Waals surface area contributed by atoms with Gasteiger partial charge >= 0.3 is 0 Å². The Hall–Kier alpha value is -0.810. The van der Waals surface area contributed by atoms with Gasteiger partial charge in [-0.05, 0) is 26.9 Å². The maximum absolute atomic E-state index is 4.68. The molecule has 0 atom stereocenters. The second kappa shape index (κ2) is 9.19. The van der Waals surface area contributed by atoms with Gasteiger partial charge in [-0.3, -0.25) is 0 Å². The summed E-state index contributed by atoms with van der Waals surface area (Å²) in [5.41, 5.74) is 1.17. The van der Waals surface area contributed by atoms with Crippen molar-refractivity contribution in [2.45, 2.75) is 46.1 Å². The third kappa shape index (κ3) is 4.94. The third-order valence-corrected chi connectivity index (χ3v) is 4.41. The Labute approximate surface area is 127 Å². The summed E-state index contributed by atoms with van der Waals surface area (Å²) >= 11 is 1.84. The van der Waals surface area contributed by atoms with Crippen molar-refractivity contribution in [3.05, 3.63) is 11.4 Å². The highest BCUT2D eigenvalue weighted by molar-refractivity contribution is 7.99. The molecule has 20 heavy (non-hydrogen) atoms. The Bertz CT molecular complexity index is 405. The van der Waals surface area contributed by atoms with Crippen LogP contribution in [-0.4, -0.2) is 46.8 Å². The predicted molar refractivity (Wildman–Crippen MR) is 88.8 cm³/mol. The molecule has 0 amide bonds. The number of nitrogens with one attached hydrogen (secondary N) is 1. The predicted octanol–water partition coefficient (Wildman–Crippen LogP) is 3.21. The van der Waals surface area contributed by atoms with Crippen LogP contribution in [0.3, 0.4) is 0 Å². The van der Waals surface area contributed by atoms with Crippen molar-refractivity contribution >= 4 is 17.6 Å². The Morgan fingerprint density at radius 3 is 2.35 bits per heavy atom. The maximum Gasteiger partial charge on any atom is 0.133 e. The highest BCUT2D eigenvalue weighted by atomic mass is 32.2. The topological polar surface area (TPSA) is 41.1 Å². The molecule has 1 aromatic rings. The van der Waals surface area contributed by atoms with Crippen LogP contribution in [0, 0.1) is 6.92 Å². The average Bonchev–Trinajstić information content (AvgIpc) is 2.47. The first kappa shape index (κ1) is 17.2. The lowest BCUT2D eigenvalue weighted by atomic mass is 10.3. The van der Waals surface area contributed by atoms with E-state index in [4.69, 9.17) is 0 Å². The summed E-state index contributed by atoms with van der Waals surface area (Å²) in [6.45, 7) is 15.0. The van der Waals surface area contributed by atoms with Crippen molar-refractivity contribution in [3.63, 3.8) is 0 Å². The molecule has 114 valence electrons. The molecule has 0 aliphatic rings. The van der Waals surface area contributed by atoms with Gasteiger partial charge in [-0.2, -0.15) is 0 Å². The molecule has 0 saturated heterocycles. The van der Waals surface area contributed by atoms with Gasteiger partial charge in [-0.25, -0.2) is 9.97 Å². The number of thioether (sulfide) groups is 1. The van der Waals surface area contributed by atoms with E-state index in [1.54, 1.807) is 0 Å². The fourth-order valence-electron chi connectivity index (χ4n) is 1.99. The Kier molecular flexibility index (Phi) is 7.92. The summed E-state index contributed by atoms with van der Waals surface area (Å²) in [4.78, 5) is 11.7. The van der Waals surface area contributed by atoms with Gasteiger partial charge in [0, 0.05) is 30.8 Å². The van der Waals surface area contributed by atoms with Crippen LogP contribution in [0.25, 0.3) is 0 Å². The molecule has 1 N–H and O–H groups in total. The number of hydrogen-bond donors (Lipinski definition) is 1. The second-order valence-corrected chi connectivity index (χ2v) is 5.76. The van der Waals surface area contributed by atoms with E-state index >= 15 is 0 Å². The van der Waals surface area contributed by atoms with Gasteiger partial charge in [0.15, 0.2) is 0 Å². The third-order valence-electron chi connectivity index (χ3n) is 3.35. The van der Waals surface area contributed by atoms with E-state index in [1.807, 2.05) is 11.8 Å². The molecule has 0 saturated carbocycles. The summed E-state index contributed by atoms with van der Waals surface area (Å²) in [6, 6.07) is 0. The van der Waals surface area contributed by atoms with Crippen LogP contribution in [0.2, 0.25) is 0 Å². The minimum atomic E-state index is 0.877. The smallest absolute Gasteiger partial charge is 0.133 e. The zero-order valence-electron chi connectivity index (χ0n) is 13.5. The number of anilines is 1. The first-order valence-electron chi connectivity index (χ1n) is 7.62. The van der Waals surface area contributed by atoms with E-state index in [2.05, 4.69) is 54.8 Å². The van der Waals surface area contributed by atoms with Gasteiger partial charge < -0.3 is 10.2 Å². The number of nitrogens with zero attached hydrogens (tertiary/aromatic N) is 3. The first-order chi connectivity index (χ1) is 9.65. The molecular weight excluding hydrogens is 268 g/mol. The van der Waals surface area contributed by atoms with Crippen LogP contribution in [0.1, 0.15) is 39.1 Å². The lowest BCUT2D eigenvalue weighted by Crippen LogP contribution is -2.25. The molecule has 0 fully saturated rings. The van der Waals surface area contributed by atoms with Gasteiger partial charge in [-0.1, -0.05) is 20.8 Å². The molecule has 0 spiro atoms. The van der Waals surface area contributed by atoms with E-state index in [1.165, 1.54) is 5.56 Å². The minimum Gasteiger partial charge on any atom is -0.370 e. The number of aryl methyl sites for hydroxylation is 1. The molecule has 0 unspecified atom stereocenters. The van der Waals surface area contributed by atoms with Crippen LogP contribution in [0.15, 0.2) is 5.03 Å². The van der Waals surface area contributed by atoms with Crippen LogP contribution in [0.5, 0.6) is 0 Å². The molecule has 5 heteroatoms. The second-order valence-electron chi connectivity index (χ2n) is 4.68. The molecule has 1 rings (SSSR count). The van der Waals surface area contributed by atoms with Crippen molar-refractivity contribution in [1.29, 1.82) is 0 Å². The van der Waals surface area contributed by atoms with Gasteiger partial charge in [-0.15, -0.1) is 11.8 Å². The number of rotatable bonds is 9. The minimum absolute atomic E-state index is 0.877. The van der Waals surface area contributed by atoms with Gasteiger partial charge in [0.2, 0.25) is 0 Å². The zero-order chi connectivity index (χ0) is 15.0. The van der Waals surface area contributed by atoms with Crippen molar-refractivity contribution in [3.8, 4) is 0 Å². The Morgan fingerprint density at radius 2 is 1.80 bits per heavy atom. The van der Waals surface area contributed by atoms with E-state index in [9.17, 15) is 0 Å². The zero-order valence-corrected chi connectivity index (χ0v) is 14.3. The maximum atomic E-state index is 4.68. The van der Waals surface area contributed by atoms with Gasteiger partial charge in [0.25, 0.3) is 0 Å². The Balaban J connectivity index is 2.75. The fraction of sp³-hybridized carbons (Fsp3) is 0.733. The summed E-state index contributed by atoms with van der Waals surface area (Å²) in [5.74, 6) is 3.00. The largest absolute Gasteiger partial charge is 0.370 e. The van der Waals surface area contributed by atoms with Crippen LogP contribution >= 0.6 is 11.8 Å². The van der Waals surface area contributed by atoms with Crippen LogP contribution in [0.4, 0.5) is 5.82 Å². The van der Waals surface area contributed by atoms with Crippen LogP contribution in [-0.2, 0) is 6.42 Å². The SMILES string of the molecule is CCNc1nc(CC)nc(SCCN(CC)CC)c1C. The fourth-order valence-corrected chi connectivity index (χ4v) is 3.02. The lowest BCUT2D eigenvalue weighted by molar-refractivity contribution is 0.324. The van der Waals surface area contributed by atoms with Crippen LogP contribution < -0.4 is 5.32 Å². The first-order valence-corrected chi connectivity index (χ1v) is 8.61. The molecule has 0 aromatic carbocycles. The molecule has 1 heterocycles. The summed E-state index contributed by atoms with van der Waals surface area (Å²) in [6.07, 6.45) is 0.877. The highest BCUT2D eigenvalue weighted by Crippen LogP contribution is 2.25. The van der Waals surface area contributed by atoms with Crippen molar-refractivity contribution < 1.29 is 0 Å².